The largest absolute Gasteiger partial charge is 0.421 e. The zero-order valence-corrected chi connectivity index (χ0v) is 19.5. The van der Waals surface area contributed by atoms with Crippen LogP contribution in [0.15, 0.2) is 29.5 Å². The molecule has 0 radical (unpaired) electrons. The summed E-state index contributed by atoms with van der Waals surface area (Å²) in [7, 11) is 0. The van der Waals surface area contributed by atoms with Gasteiger partial charge in [0, 0.05) is 51.3 Å². The van der Waals surface area contributed by atoms with Gasteiger partial charge in [-0.15, -0.1) is 0 Å². The number of carbonyl (C=O) groups is 1. The fourth-order valence-electron chi connectivity index (χ4n) is 4.36. The minimum absolute atomic E-state index is 0.117. The molecular formula is C22H24F6N6O3. The number of halogens is 6. The van der Waals surface area contributed by atoms with Crippen LogP contribution in [0.25, 0.3) is 0 Å². The van der Waals surface area contributed by atoms with E-state index in [0.717, 1.165) is 24.9 Å². The standard InChI is InChI=1S/C22H24F6N6O3/c23-21(24,25)14-9-30-20(31-10-14)33-6-4-32(5-7-33)18(35)13-37-12-15-2-1-3-34(15)16-8-17(22(26,27)28)19(36)29-11-16/h8-11,15H,1-7,12-13H2,(H,29,36)/t15-/m0/s1. The first-order chi connectivity index (χ1) is 17.4. The van der Waals surface area contributed by atoms with Gasteiger partial charge >= 0.3 is 12.4 Å². The molecule has 0 bridgehead atoms. The minimum Gasteiger partial charge on any atom is -0.369 e. The molecule has 0 aliphatic carbocycles. The number of ether oxygens (including phenoxy) is 1. The van der Waals surface area contributed by atoms with Crippen molar-refractivity contribution < 1.29 is 35.9 Å². The molecule has 2 aromatic rings. The number of aromatic nitrogens is 3. The first-order valence-electron chi connectivity index (χ1n) is 11.5. The molecule has 0 aromatic carbocycles. The van der Waals surface area contributed by atoms with Gasteiger partial charge in [-0.2, -0.15) is 26.3 Å². The van der Waals surface area contributed by atoms with Gasteiger partial charge < -0.3 is 24.4 Å². The predicted molar refractivity (Wildman–Crippen MR) is 119 cm³/mol. The molecule has 4 heterocycles. The van der Waals surface area contributed by atoms with E-state index in [1.54, 1.807) is 14.7 Å². The minimum atomic E-state index is -4.77. The summed E-state index contributed by atoms with van der Waals surface area (Å²) in [5.41, 5.74) is -3.19. The van der Waals surface area contributed by atoms with E-state index in [1.165, 1.54) is 6.20 Å². The summed E-state index contributed by atoms with van der Waals surface area (Å²) in [6.45, 7) is 1.66. The Kier molecular flexibility index (Phi) is 7.62. The van der Waals surface area contributed by atoms with Crippen LogP contribution in [0.3, 0.4) is 0 Å². The average molecular weight is 534 g/mol. The molecule has 202 valence electrons. The Hall–Kier alpha value is -3.36. The van der Waals surface area contributed by atoms with Crippen LogP contribution in [-0.2, 0) is 21.9 Å². The summed E-state index contributed by atoms with van der Waals surface area (Å²) in [6.07, 6.45) is -5.25. The van der Waals surface area contributed by atoms with E-state index in [0.29, 0.717) is 39.1 Å². The van der Waals surface area contributed by atoms with Crippen LogP contribution in [0.2, 0.25) is 0 Å². The highest BCUT2D eigenvalue weighted by Crippen LogP contribution is 2.31. The molecule has 1 atom stereocenters. The van der Waals surface area contributed by atoms with E-state index >= 15 is 0 Å². The van der Waals surface area contributed by atoms with Crippen molar-refractivity contribution in [1.82, 2.24) is 19.9 Å². The summed E-state index contributed by atoms with van der Waals surface area (Å²) in [6, 6.07) is 0.566. The number of pyridine rings is 1. The summed E-state index contributed by atoms with van der Waals surface area (Å²) in [5, 5.41) is 0. The molecule has 37 heavy (non-hydrogen) atoms. The average Bonchev–Trinajstić information content (AvgIpc) is 3.32. The van der Waals surface area contributed by atoms with Crippen molar-refractivity contribution >= 4 is 17.5 Å². The fraction of sp³-hybridized carbons (Fsp3) is 0.545. The first kappa shape index (κ1) is 26.7. The molecule has 2 aliphatic heterocycles. The summed E-state index contributed by atoms with van der Waals surface area (Å²) < 4.78 is 82.9. The smallest absolute Gasteiger partial charge is 0.369 e. The summed E-state index contributed by atoms with van der Waals surface area (Å²) >= 11 is 0. The van der Waals surface area contributed by atoms with Gasteiger partial charge in [-0.1, -0.05) is 0 Å². The van der Waals surface area contributed by atoms with E-state index < -0.39 is 29.0 Å². The van der Waals surface area contributed by atoms with Crippen LogP contribution in [0.1, 0.15) is 24.0 Å². The number of rotatable bonds is 6. The SMILES string of the molecule is O=C(COC[C@@H]1CCCN1c1c[nH]c(=O)c(C(F)(F)F)c1)N1CCN(c2ncc(C(F)(F)F)cn2)CC1. The molecule has 15 heteroatoms. The Morgan fingerprint density at radius 3 is 2.32 bits per heavy atom. The van der Waals surface area contributed by atoms with Gasteiger partial charge in [-0.25, -0.2) is 9.97 Å². The second-order valence-corrected chi connectivity index (χ2v) is 8.74. The van der Waals surface area contributed by atoms with Crippen molar-refractivity contribution in [2.24, 2.45) is 0 Å². The number of hydrogen-bond acceptors (Lipinski definition) is 7. The maximum absolute atomic E-state index is 13.1. The lowest BCUT2D eigenvalue weighted by Crippen LogP contribution is -2.50. The third-order valence-corrected chi connectivity index (χ3v) is 6.32. The van der Waals surface area contributed by atoms with Gasteiger partial charge in [0.25, 0.3) is 5.56 Å². The van der Waals surface area contributed by atoms with Crippen molar-refractivity contribution in [2.45, 2.75) is 31.2 Å². The summed E-state index contributed by atoms with van der Waals surface area (Å²) in [5.74, 6) is -0.130. The highest BCUT2D eigenvalue weighted by Gasteiger charge is 2.36. The van der Waals surface area contributed by atoms with Crippen LogP contribution in [0.4, 0.5) is 38.0 Å². The third kappa shape index (κ3) is 6.32. The first-order valence-corrected chi connectivity index (χ1v) is 11.5. The zero-order chi connectivity index (χ0) is 26.8. The molecule has 2 aliphatic rings. The number of nitrogens with one attached hydrogen (secondary N) is 1. The molecule has 1 N–H and O–H groups in total. The number of anilines is 2. The van der Waals surface area contributed by atoms with Crippen molar-refractivity contribution in [3.63, 3.8) is 0 Å². The van der Waals surface area contributed by atoms with E-state index in [4.69, 9.17) is 4.74 Å². The van der Waals surface area contributed by atoms with Gasteiger partial charge in [0.1, 0.15) is 12.2 Å². The van der Waals surface area contributed by atoms with Crippen molar-refractivity contribution in [1.29, 1.82) is 0 Å². The van der Waals surface area contributed by atoms with E-state index in [2.05, 4.69) is 15.0 Å². The Bertz CT molecular complexity index is 1150. The molecule has 1 amide bonds. The number of alkyl halides is 6. The normalized spacial score (nSPS) is 19.0. The van der Waals surface area contributed by atoms with Crippen molar-refractivity contribution in [3.8, 4) is 0 Å². The lowest BCUT2D eigenvalue weighted by atomic mass is 10.2. The monoisotopic (exact) mass is 534 g/mol. The maximum Gasteiger partial charge on any atom is 0.421 e. The third-order valence-electron chi connectivity index (χ3n) is 6.32. The lowest BCUT2D eigenvalue weighted by molar-refractivity contribution is -0.139. The van der Waals surface area contributed by atoms with Gasteiger partial charge in [-0.05, 0) is 18.9 Å². The molecule has 9 nitrogen and oxygen atoms in total. The number of aromatic amines is 1. The fourth-order valence-corrected chi connectivity index (χ4v) is 4.36. The second kappa shape index (κ2) is 10.6. The highest BCUT2D eigenvalue weighted by molar-refractivity contribution is 5.77. The Morgan fingerprint density at radius 1 is 1.03 bits per heavy atom. The topological polar surface area (TPSA) is 94.7 Å². The molecule has 2 aromatic heterocycles. The van der Waals surface area contributed by atoms with E-state index in [1.807, 2.05) is 0 Å². The van der Waals surface area contributed by atoms with Crippen LogP contribution >= 0.6 is 0 Å². The Morgan fingerprint density at radius 2 is 1.70 bits per heavy atom. The number of hydrogen-bond donors (Lipinski definition) is 1. The van der Waals surface area contributed by atoms with Gasteiger partial charge in [0.2, 0.25) is 11.9 Å². The van der Waals surface area contributed by atoms with E-state index in [9.17, 15) is 35.9 Å². The van der Waals surface area contributed by atoms with Crippen molar-refractivity contribution in [3.05, 3.63) is 46.1 Å². The molecule has 2 saturated heterocycles. The van der Waals surface area contributed by atoms with Gasteiger partial charge in [0.05, 0.1) is 23.9 Å². The molecule has 4 rings (SSSR count). The highest BCUT2D eigenvalue weighted by atomic mass is 19.4. The molecular weight excluding hydrogens is 510 g/mol. The molecule has 0 unspecified atom stereocenters. The van der Waals surface area contributed by atoms with Gasteiger partial charge in [-0.3, -0.25) is 9.59 Å². The number of amides is 1. The number of H-pyrrole nitrogens is 1. The molecule has 2 fully saturated rings. The van der Waals surface area contributed by atoms with Crippen LogP contribution < -0.4 is 15.4 Å². The van der Waals surface area contributed by atoms with E-state index in [-0.39, 0.29) is 36.8 Å². The van der Waals surface area contributed by atoms with Crippen molar-refractivity contribution in [2.75, 3.05) is 55.7 Å². The zero-order valence-electron chi connectivity index (χ0n) is 19.5. The number of nitrogens with zero attached hydrogens (tertiary/aromatic N) is 5. The molecule has 0 spiro atoms. The number of carbonyl (C=O) groups excluding carboxylic acids is 1. The molecule has 0 saturated carbocycles. The Labute approximate surface area is 207 Å². The van der Waals surface area contributed by atoms with Gasteiger partial charge in [0.15, 0.2) is 0 Å². The quantitative estimate of drug-likeness (QED) is 0.570. The number of piperazine rings is 1. The lowest BCUT2D eigenvalue weighted by Gasteiger charge is -2.34. The van der Waals surface area contributed by atoms with Crippen LogP contribution in [0.5, 0.6) is 0 Å². The Balaban J connectivity index is 1.26. The second-order valence-electron chi connectivity index (χ2n) is 8.74. The van der Waals surface area contributed by atoms with Crippen LogP contribution in [0, 0.1) is 0 Å². The predicted octanol–water partition coefficient (Wildman–Crippen LogP) is 2.54. The van der Waals surface area contributed by atoms with Crippen LogP contribution in [-0.4, -0.2) is 77.7 Å². The summed E-state index contributed by atoms with van der Waals surface area (Å²) in [4.78, 5) is 38.7. The maximum atomic E-state index is 13.1.